The first-order valence-electron chi connectivity index (χ1n) is 5.57. The second kappa shape index (κ2) is 5.09. The lowest BCUT2D eigenvalue weighted by molar-refractivity contribution is 0.469. The quantitative estimate of drug-likeness (QED) is 0.856. The smallest absolute Gasteiger partial charge is 0.261 e. The van der Waals surface area contributed by atoms with E-state index in [9.17, 15) is 17.2 Å². The van der Waals surface area contributed by atoms with E-state index in [1.165, 1.54) is 6.92 Å². The first-order chi connectivity index (χ1) is 9.29. The minimum absolute atomic E-state index is 0.166. The zero-order valence-electron chi connectivity index (χ0n) is 10.4. The molecule has 0 unspecified atom stereocenters. The van der Waals surface area contributed by atoms with Crippen LogP contribution in [-0.4, -0.2) is 13.5 Å². The van der Waals surface area contributed by atoms with E-state index >= 15 is 0 Å². The number of aromatic hydroxyl groups is 1. The highest BCUT2D eigenvalue weighted by Crippen LogP contribution is 2.23. The van der Waals surface area contributed by atoms with Gasteiger partial charge in [-0.05, 0) is 42.8 Å². The van der Waals surface area contributed by atoms with Crippen LogP contribution in [0.1, 0.15) is 5.56 Å². The molecule has 0 fully saturated rings. The van der Waals surface area contributed by atoms with E-state index in [-0.39, 0.29) is 21.9 Å². The molecule has 0 aliphatic rings. The van der Waals surface area contributed by atoms with Crippen molar-refractivity contribution in [3.05, 3.63) is 53.6 Å². The van der Waals surface area contributed by atoms with Gasteiger partial charge >= 0.3 is 0 Å². The Balaban J connectivity index is 2.38. The molecule has 0 radical (unpaired) electrons. The summed E-state index contributed by atoms with van der Waals surface area (Å²) in [7, 11) is -4.03. The Kier molecular flexibility index (Phi) is 3.63. The van der Waals surface area contributed by atoms with Crippen LogP contribution in [0.25, 0.3) is 0 Å². The zero-order valence-corrected chi connectivity index (χ0v) is 11.2. The fraction of sp³-hybridized carbons (Fsp3) is 0.0769. The Morgan fingerprint density at radius 3 is 2.35 bits per heavy atom. The van der Waals surface area contributed by atoms with Gasteiger partial charge in [0.1, 0.15) is 11.6 Å². The number of hydrogen-bond donors (Lipinski definition) is 2. The molecule has 2 aromatic carbocycles. The third-order valence-corrected chi connectivity index (χ3v) is 4.00. The molecular formula is C13H11F2NO3S. The fourth-order valence-corrected chi connectivity index (χ4v) is 2.73. The average molecular weight is 299 g/mol. The molecule has 0 atom stereocenters. The summed E-state index contributed by atoms with van der Waals surface area (Å²) in [5.74, 6) is -1.75. The Morgan fingerprint density at radius 2 is 1.75 bits per heavy atom. The van der Waals surface area contributed by atoms with Crippen molar-refractivity contribution < 1.29 is 22.3 Å². The van der Waals surface area contributed by atoms with Crippen LogP contribution < -0.4 is 4.72 Å². The highest BCUT2D eigenvalue weighted by atomic mass is 32.2. The molecule has 0 spiro atoms. The number of halogens is 2. The summed E-state index contributed by atoms with van der Waals surface area (Å²) in [6.45, 7) is 1.43. The van der Waals surface area contributed by atoms with Crippen LogP contribution in [0.15, 0.2) is 41.3 Å². The van der Waals surface area contributed by atoms with Gasteiger partial charge in [-0.25, -0.2) is 17.2 Å². The van der Waals surface area contributed by atoms with Crippen molar-refractivity contribution in [1.29, 1.82) is 0 Å². The van der Waals surface area contributed by atoms with Crippen LogP contribution >= 0.6 is 0 Å². The molecule has 2 aromatic rings. The van der Waals surface area contributed by atoms with Gasteiger partial charge in [0.05, 0.1) is 10.6 Å². The van der Waals surface area contributed by atoms with Crippen molar-refractivity contribution in [3.63, 3.8) is 0 Å². The maximum atomic E-state index is 13.5. The molecule has 0 amide bonds. The molecule has 0 saturated carbocycles. The Labute approximate surface area is 114 Å². The highest BCUT2D eigenvalue weighted by Gasteiger charge is 2.17. The van der Waals surface area contributed by atoms with Gasteiger partial charge < -0.3 is 5.11 Å². The second-order valence-corrected chi connectivity index (χ2v) is 5.86. The molecule has 0 bridgehead atoms. The van der Waals surface area contributed by atoms with Gasteiger partial charge in [-0.15, -0.1) is 0 Å². The summed E-state index contributed by atoms with van der Waals surface area (Å²) in [4.78, 5) is -0.177. The largest absolute Gasteiger partial charge is 0.508 e. The molecule has 4 nitrogen and oxygen atoms in total. The fourth-order valence-electron chi connectivity index (χ4n) is 1.57. The monoisotopic (exact) mass is 299 g/mol. The van der Waals surface area contributed by atoms with Gasteiger partial charge in [-0.2, -0.15) is 0 Å². The van der Waals surface area contributed by atoms with E-state index in [0.29, 0.717) is 0 Å². The predicted octanol–water partition coefficient (Wildman–Crippen LogP) is 2.78. The number of anilines is 1. The number of benzene rings is 2. The minimum Gasteiger partial charge on any atom is -0.508 e. The van der Waals surface area contributed by atoms with E-state index < -0.39 is 21.7 Å². The lowest BCUT2D eigenvalue weighted by atomic mass is 10.2. The molecule has 7 heteroatoms. The topological polar surface area (TPSA) is 66.4 Å². The normalized spacial score (nSPS) is 11.3. The lowest BCUT2D eigenvalue weighted by Gasteiger charge is -2.10. The zero-order chi connectivity index (χ0) is 14.9. The van der Waals surface area contributed by atoms with Crippen molar-refractivity contribution in [2.45, 2.75) is 11.8 Å². The van der Waals surface area contributed by atoms with E-state index in [4.69, 9.17) is 5.11 Å². The summed E-state index contributed by atoms with van der Waals surface area (Å²) >= 11 is 0. The van der Waals surface area contributed by atoms with E-state index in [1.54, 1.807) is 0 Å². The standard InChI is InChI=1S/C13H11F2NO3S/c1-8-6-10(3-4-11(8)14)20(18,19)16-13-5-2-9(17)7-12(13)15/h2-7,16-17H,1H3. The molecule has 0 aliphatic carbocycles. The van der Waals surface area contributed by atoms with E-state index in [0.717, 1.165) is 36.4 Å². The molecule has 106 valence electrons. The van der Waals surface area contributed by atoms with Gasteiger partial charge in [0.25, 0.3) is 10.0 Å². The van der Waals surface area contributed by atoms with Crippen LogP contribution in [0, 0.1) is 18.6 Å². The third-order valence-electron chi connectivity index (χ3n) is 2.64. The highest BCUT2D eigenvalue weighted by molar-refractivity contribution is 7.92. The third kappa shape index (κ3) is 2.88. The number of aryl methyl sites for hydroxylation is 1. The molecule has 0 aliphatic heterocycles. The number of phenolic OH excluding ortho intramolecular Hbond substituents is 1. The first kappa shape index (κ1) is 14.3. The molecule has 0 aromatic heterocycles. The van der Waals surface area contributed by atoms with E-state index in [1.807, 2.05) is 4.72 Å². The summed E-state index contributed by atoms with van der Waals surface area (Å²) in [5.41, 5.74) is -0.135. The molecule has 2 N–H and O–H groups in total. The van der Waals surface area contributed by atoms with Gasteiger partial charge in [0.15, 0.2) is 5.82 Å². The summed E-state index contributed by atoms with van der Waals surface area (Å²) < 4.78 is 52.7. The first-order valence-corrected chi connectivity index (χ1v) is 7.05. The molecule has 20 heavy (non-hydrogen) atoms. The number of sulfonamides is 1. The van der Waals surface area contributed by atoms with Gasteiger partial charge in [-0.3, -0.25) is 4.72 Å². The molecule has 0 heterocycles. The number of rotatable bonds is 3. The molecule has 0 saturated heterocycles. The van der Waals surface area contributed by atoms with Crippen LogP contribution in [0.2, 0.25) is 0 Å². The van der Waals surface area contributed by atoms with Gasteiger partial charge in [0, 0.05) is 6.07 Å². The van der Waals surface area contributed by atoms with Crippen molar-refractivity contribution in [1.82, 2.24) is 0 Å². The maximum absolute atomic E-state index is 13.5. The second-order valence-electron chi connectivity index (χ2n) is 4.18. The summed E-state index contributed by atoms with van der Waals surface area (Å²) in [6.07, 6.45) is 0. The number of phenols is 1. The van der Waals surface area contributed by atoms with Crippen LogP contribution in [0.4, 0.5) is 14.5 Å². The van der Waals surface area contributed by atoms with Crippen molar-refractivity contribution in [2.75, 3.05) is 4.72 Å². The van der Waals surface area contributed by atoms with Crippen LogP contribution in [0.5, 0.6) is 5.75 Å². The maximum Gasteiger partial charge on any atom is 0.261 e. The van der Waals surface area contributed by atoms with Crippen LogP contribution in [0.3, 0.4) is 0 Å². The summed E-state index contributed by atoms with van der Waals surface area (Å²) in [6, 6.07) is 6.29. The Hall–Kier alpha value is -2.15. The van der Waals surface area contributed by atoms with Gasteiger partial charge in [0.2, 0.25) is 0 Å². The van der Waals surface area contributed by atoms with Crippen LogP contribution in [-0.2, 0) is 10.0 Å². The van der Waals surface area contributed by atoms with Crippen molar-refractivity contribution in [2.24, 2.45) is 0 Å². The average Bonchev–Trinajstić information content (AvgIpc) is 2.36. The lowest BCUT2D eigenvalue weighted by Crippen LogP contribution is -2.14. The predicted molar refractivity (Wildman–Crippen MR) is 70.0 cm³/mol. The molecule has 2 rings (SSSR count). The Morgan fingerprint density at radius 1 is 1.05 bits per heavy atom. The van der Waals surface area contributed by atoms with Gasteiger partial charge in [-0.1, -0.05) is 0 Å². The van der Waals surface area contributed by atoms with Crippen molar-refractivity contribution in [3.8, 4) is 5.75 Å². The van der Waals surface area contributed by atoms with Crippen molar-refractivity contribution >= 4 is 15.7 Å². The van der Waals surface area contributed by atoms with E-state index in [2.05, 4.69) is 0 Å². The summed E-state index contributed by atoms with van der Waals surface area (Å²) in [5, 5.41) is 9.06. The molecular weight excluding hydrogens is 288 g/mol. The number of hydrogen-bond acceptors (Lipinski definition) is 3. The SMILES string of the molecule is Cc1cc(S(=O)(=O)Nc2ccc(O)cc2F)ccc1F. The number of nitrogens with one attached hydrogen (secondary N) is 1. The minimum atomic E-state index is -4.03. The Bertz CT molecular complexity index is 760.